The monoisotopic (exact) mass is 208 g/mol. The Balaban J connectivity index is 2.69. The molecule has 3 nitrogen and oxygen atoms in total. The summed E-state index contributed by atoms with van der Waals surface area (Å²) in [5.74, 6) is 0.000263. The number of alkyl halides is 3. The number of aromatic nitrogens is 2. The van der Waals surface area contributed by atoms with Crippen LogP contribution in [0.2, 0.25) is 0 Å². The van der Waals surface area contributed by atoms with Crippen molar-refractivity contribution < 1.29 is 17.7 Å². The maximum absolute atomic E-state index is 11.9. The zero-order chi connectivity index (χ0) is 10.8. The largest absolute Gasteiger partial charge is 0.397 e. The zero-order valence-corrected chi connectivity index (χ0v) is 7.93. The quantitative estimate of drug-likeness (QED) is 0.766. The van der Waals surface area contributed by atoms with Gasteiger partial charge in [-0.2, -0.15) is 18.2 Å². The summed E-state index contributed by atoms with van der Waals surface area (Å²) in [6.07, 6.45) is -4.68. The number of halogens is 3. The van der Waals surface area contributed by atoms with Crippen LogP contribution in [0.3, 0.4) is 0 Å². The second kappa shape index (κ2) is 3.98. The highest BCUT2D eigenvalue weighted by atomic mass is 19.4. The van der Waals surface area contributed by atoms with Crippen molar-refractivity contribution in [3.05, 3.63) is 11.7 Å². The molecule has 0 N–H and O–H groups in total. The first kappa shape index (κ1) is 11.0. The highest BCUT2D eigenvalue weighted by Gasteiger charge is 2.31. The van der Waals surface area contributed by atoms with Crippen LogP contribution in [-0.2, 0) is 6.42 Å². The van der Waals surface area contributed by atoms with Crippen molar-refractivity contribution in [3.63, 3.8) is 0 Å². The van der Waals surface area contributed by atoms with Gasteiger partial charge in [0.2, 0.25) is 5.89 Å². The van der Waals surface area contributed by atoms with E-state index in [9.17, 15) is 13.2 Å². The molecule has 1 aromatic heterocycles. The van der Waals surface area contributed by atoms with Crippen molar-refractivity contribution in [2.24, 2.45) is 0 Å². The van der Waals surface area contributed by atoms with Gasteiger partial charge in [-0.25, -0.2) is 0 Å². The van der Waals surface area contributed by atoms with Gasteiger partial charge in [0, 0.05) is 5.92 Å². The van der Waals surface area contributed by atoms with E-state index in [2.05, 4.69) is 14.7 Å². The molecule has 0 unspecified atom stereocenters. The number of hydrogen-bond donors (Lipinski definition) is 0. The Hall–Kier alpha value is -1.07. The molecule has 0 saturated carbocycles. The fourth-order valence-electron chi connectivity index (χ4n) is 0.894. The third kappa shape index (κ3) is 3.01. The highest BCUT2D eigenvalue weighted by Crippen LogP contribution is 2.22. The molecule has 1 heterocycles. The molecule has 0 saturated heterocycles. The number of hydrogen-bond acceptors (Lipinski definition) is 3. The van der Waals surface area contributed by atoms with Gasteiger partial charge < -0.3 is 4.52 Å². The minimum Gasteiger partial charge on any atom is -0.339 e. The normalized spacial score (nSPS) is 14.4. The summed E-state index contributed by atoms with van der Waals surface area (Å²) >= 11 is 0. The summed E-state index contributed by atoms with van der Waals surface area (Å²) in [7, 11) is 0. The molecule has 0 aromatic carbocycles. The van der Waals surface area contributed by atoms with Gasteiger partial charge in [-0.05, 0) is 6.42 Å². The maximum atomic E-state index is 11.9. The molecule has 1 aromatic rings. The molecule has 0 amide bonds. The fraction of sp³-hybridized carbons (Fsp3) is 0.750. The van der Waals surface area contributed by atoms with E-state index in [-0.39, 0.29) is 11.8 Å². The van der Waals surface area contributed by atoms with Crippen LogP contribution in [0.4, 0.5) is 13.2 Å². The van der Waals surface area contributed by atoms with Crippen LogP contribution in [0.25, 0.3) is 0 Å². The molecule has 1 atom stereocenters. The van der Waals surface area contributed by atoms with Crippen molar-refractivity contribution in [3.8, 4) is 0 Å². The third-order valence-corrected chi connectivity index (χ3v) is 1.89. The van der Waals surface area contributed by atoms with Gasteiger partial charge in [-0.15, -0.1) is 0 Å². The SMILES string of the molecule is CC[C@H](C)c1noc(CC(F)(F)F)n1. The Morgan fingerprint density at radius 1 is 1.43 bits per heavy atom. The molecule has 0 aliphatic rings. The minimum atomic E-state index is -4.29. The van der Waals surface area contributed by atoms with Crippen LogP contribution >= 0.6 is 0 Å². The van der Waals surface area contributed by atoms with Gasteiger partial charge in [0.1, 0.15) is 6.42 Å². The average Bonchev–Trinajstić information content (AvgIpc) is 2.48. The Morgan fingerprint density at radius 3 is 2.57 bits per heavy atom. The van der Waals surface area contributed by atoms with E-state index >= 15 is 0 Å². The Morgan fingerprint density at radius 2 is 2.07 bits per heavy atom. The predicted octanol–water partition coefficient (Wildman–Crippen LogP) is 2.69. The van der Waals surface area contributed by atoms with E-state index in [4.69, 9.17) is 0 Å². The number of nitrogens with zero attached hydrogens (tertiary/aromatic N) is 2. The lowest BCUT2D eigenvalue weighted by Gasteiger charge is -2.00. The lowest BCUT2D eigenvalue weighted by atomic mass is 10.1. The molecule has 0 aliphatic carbocycles. The smallest absolute Gasteiger partial charge is 0.339 e. The van der Waals surface area contributed by atoms with E-state index in [0.717, 1.165) is 6.42 Å². The van der Waals surface area contributed by atoms with Crippen molar-refractivity contribution in [2.75, 3.05) is 0 Å². The molecule has 0 spiro atoms. The highest BCUT2D eigenvalue weighted by molar-refractivity contribution is 4.93. The molecule has 6 heteroatoms. The third-order valence-electron chi connectivity index (χ3n) is 1.89. The van der Waals surface area contributed by atoms with E-state index in [1.54, 1.807) is 0 Å². The summed E-state index contributed by atoms with van der Waals surface area (Å²) in [5.41, 5.74) is 0. The molecule has 0 radical (unpaired) electrons. The van der Waals surface area contributed by atoms with Crippen molar-refractivity contribution >= 4 is 0 Å². The van der Waals surface area contributed by atoms with Gasteiger partial charge in [0.25, 0.3) is 0 Å². The molecule has 14 heavy (non-hydrogen) atoms. The topological polar surface area (TPSA) is 38.9 Å². The molecule has 0 fully saturated rings. The minimum absolute atomic E-state index is 0.0285. The standard InChI is InChI=1S/C8H11F3N2O/c1-3-5(2)7-12-6(14-13-7)4-8(9,10)11/h5H,3-4H2,1-2H3/t5-/m0/s1. The van der Waals surface area contributed by atoms with Crippen LogP contribution in [-0.4, -0.2) is 16.3 Å². The van der Waals surface area contributed by atoms with Crippen LogP contribution in [0.1, 0.15) is 37.9 Å². The van der Waals surface area contributed by atoms with E-state index in [0.29, 0.717) is 5.82 Å². The second-order valence-electron chi connectivity index (χ2n) is 3.15. The van der Waals surface area contributed by atoms with E-state index in [1.807, 2.05) is 13.8 Å². The summed E-state index contributed by atoms with van der Waals surface area (Å²) < 4.78 is 40.2. The molecule has 1 rings (SSSR count). The first-order valence-corrected chi connectivity index (χ1v) is 4.31. The van der Waals surface area contributed by atoms with Crippen LogP contribution in [0.15, 0.2) is 4.52 Å². The first-order valence-electron chi connectivity index (χ1n) is 4.31. The predicted molar refractivity (Wildman–Crippen MR) is 42.8 cm³/mol. The van der Waals surface area contributed by atoms with Gasteiger partial charge >= 0.3 is 6.18 Å². The summed E-state index contributed by atoms with van der Waals surface area (Å²) in [6, 6.07) is 0. The lowest BCUT2D eigenvalue weighted by molar-refractivity contribution is -0.131. The van der Waals surface area contributed by atoms with Gasteiger partial charge in [-0.3, -0.25) is 0 Å². The molecule has 0 aliphatic heterocycles. The molecular weight excluding hydrogens is 197 g/mol. The van der Waals surface area contributed by atoms with E-state index in [1.165, 1.54) is 0 Å². The van der Waals surface area contributed by atoms with Gasteiger partial charge in [0.05, 0.1) is 0 Å². The van der Waals surface area contributed by atoms with Crippen LogP contribution in [0.5, 0.6) is 0 Å². The van der Waals surface area contributed by atoms with Crippen molar-refractivity contribution in [2.45, 2.75) is 38.8 Å². The van der Waals surface area contributed by atoms with Crippen molar-refractivity contribution in [1.82, 2.24) is 10.1 Å². The van der Waals surface area contributed by atoms with Gasteiger partial charge in [-0.1, -0.05) is 19.0 Å². The zero-order valence-electron chi connectivity index (χ0n) is 7.93. The van der Waals surface area contributed by atoms with Gasteiger partial charge in [0.15, 0.2) is 5.82 Å². The lowest BCUT2D eigenvalue weighted by Crippen LogP contribution is -2.11. The maximum Gasteiger partial charge on any atom is 0.397 e. The fourth-order valence-corrected chi connectivity index (χ4v) is 0.894. The molecule has 80 valence electrons. The second-order valence-corrected chi connectivity index (χ2v) is 3.15. The summed E-state index contributed by atoms with van der Waals surface area (Å²) in [5, 5.41) is 3.48. The van der Waals surface area contributed by atoms with Crippen LogP contribution < -0.4 is 0 Å². The van der Waals surface area contributed by atoms with E-state index < -0.39 is 12.6 Å². The van der Waals surface area contributed by atoms with Crippen LogP contribution in [0, 0.1) is 0 Å². The molecular formula is C8H11F3N2O. The Kier molecular flexibility index (Phi) is 3.13. The molecule has 0 bridgehead atoms. The Bertz CT molecular complexity index is 295. The number of rotatable bonds is 3. The average molecular weight is 208 g/mol. The Labute approximate surface area is 79.3 Å². The van der Waals surface area contributed by atoms with Crippen molar-refractivity contribution in [1.29, 1.82) is 0 Å². The summed E-state index contributed by atoms with van der Waals surface area (Å²) in [6.45, 7) is 3.74. The summed E-state index contributed by atoms with van der Waals surface area (Å²) in [4.78, 5) is 3.67. The first-order chi connectivity index (χ1) is 6.42.